The van der Waals surface area contributed by atoms with Crippen LogP contribution in [-0.4, -0.2) is 22.0 Å². The average molecular weight is 381 g/mol. The molecule has 0 radical (unpaired) electrons. The van der Waals surface area contributed by atoms with Crippen molar-refractivity contribution < 1.29 is 14.1 Å². The Bertz CT molecular complexity index is 1130. The number of aromatic nitrogens is 3. The Labute approximate surface area is 162 Å². The summed E-state index contributed by atoms with van der Waals surface area (Å²) in [6, 6.07) is 5.39. The highest BCUT2D eigenvalue weighted by molar-refractivity contribution is 5.96. The molecule has 0 atom stereocenters. The Kier molecular flexibility index (Phi) is 4.75. The summed E-state index contributed by atoms with van der Waals surface area (Å²) in [6.45, 7) is 3.92. The highest BCUT2D eigenvalue weighted by Crippen LogP contribution is 2.27. The second kappa shape index (κ2) is 7.22. The van der Waals surface area contributed by atoms with Gasteiger partial charge in [-0.1, -0.05) is 17.5 Å². The molecule has 2 N–H and O–H groups in total. The van der Waals surface area contributed by atoms with Crippen molar-refractivity contribution in [2.45, 2.75) is 52.0 Å². The van der Waals surface area contributed by atoms with Gasteiger partial charge in [0.1, 0.15) is 10.9 Å². The molecular weight excluding hydrogens is 356 g/mol. The molecule has 28 heavy (non-hydrogen) atoms. The van der Waals surface area contributed by atoms with Crippen LogP contribution in [0.4, 0.5) is 5.82 Å². The third-order valence-corrected chi connectivity index (χ3v) is 5.55. The minimum atomic E-state index is -0.514. The molecule has 3 aromatic heterocycles. The Morgan fingerprint density at radius 1 is 1.36 bits per heavy atom. The zero-order valence-corrected chi connectivity index (χ0v) is 16.3. The van der Waals surface area contributed by atoms with Gasteiger partial charge in [0, 0.05) is 11.8 Å². The summed E-state index contributed by atoms with van der Waals surface area (Å²) in [5, 5.41) is 0.380. The third-order valence-electron chi connectivity index (χ3n) is 5.55. The molecule has 7 heteroatoms. The normalized spacial score (nSPS) is 15.2. The molecule has 3 aromatic rings. The van der Waals surface area contributed by atoms with Crippen molar-refractivity contribution in [3.05, 3.63) is 45.9 Å². The number of nitrogen functional groups attached to an aromatic ring is 1. The topological polar surface area (TPSA) is 90.6 Å². The minimum Gasteiger partial charge on any atom is -0.462 e. The van der Waals surface area contributed by atoms with Crippen LogP contribution in [-0.2, 0) is 4.74 Å². The molecule has 0 aliphatic heterocycles. The fraction of sp³-hybridized carbons (Fsp3) is 0.429. The fourth-order valence-corrected chi connectivity index (χ4v) is 4.15. The number of anilines is 1. The number of pyridine rings is 2. The fourth-order valence-electron chi connectivity index (χ4n) is 4.15. The smallest absolute Gasteiger partial charge is 0.344 e. The van der Waals surface area contributed by atoms with Crippen molar-refractivity contribution in [3.8, 4) is 0 Å². The molecule has 3 heterocycles. The van der Waals surface area contributed by atoms with Crippen LogP contribution in [0.2, 0.25) is 0 Å². The van der Waals surface area contributed by atoms with Gasteiger partial charge in [-0.15, -0.1) is 0 Å². The minimum absolute atomic E-state index is 0.115. The second-order valence-corrected chi connectivity index (χ2v) is 7.36. The molecule has 1 fully saturated rings. The van der Waals surface area contributed by atoms with Crippen LogP contribution in [0.1, 0.15) is 61.0 Å². The molecule has 4 rings (SSSR count). The molecule has 146 valence electrons. The van der Waals surface area contributed by atoms with Crippen LogP contribution >= 0.6 is 0 Å². The SMILES string of the molecule is CCOC(=O)c1cc2c(=O)n3cccc(C)c3nc2[n+](C2CCCCC2)c1N. The number of hydrogen-bond donors (Lipinski definition) is 1. The van der Waals surface area contributed by atoms with E-state index < -0.39 is 5.97 Å². The van der Waals surface area contributed by atoms with E-state index in [1.807, 2.05) is 23.6 Å². The van der Waals surface area contributed by atoms with Crippen LogP contribution in [0.3, 0.4) is 0 Å². The summed E-state index contributed by atoms with van der Waals surface area (Å²) in [5.74, 6) is -0.192. The number of fused-ring (bicyclic) bond motifs is 2. The van der Waals surface area contributed by atoms with E-state index in [1.165, 1.54) is 16.9 Å². The first kappa shape index (κ1) is 18.4. The van der Waals surface area contributed by atoms with Gasteiger partial charge in [0.15, 0.2) is 0 Å². The highest BCUT2D eigenvalue weighted by Gasteiger charge is 2.30. The van der Waals surface area contributed by atoms with Gasteiger partial charge in [-0.05, 0) is 51.7 Å². The highest BCUT2D eigenvalue weighted by atomic mass is 16.5. The molecule has 0 bridgehead atoms. The lowest BCUT2D eigenvalue weighted by Crippen LogP contribution is -2.46. The molecule has 0 unspecified atom stereocenters. The number of aryl methyl sites for hydroxylation is 1. The summed E-state index contributed by atoms with van der Waals surface area (Å²) < 4.78 is 8.60. The Morgan fingerprint density at radius 3 is 2.82 bits per heavy atom. The number of carbonyl (C=O) groups excluding carboxylic acids is 1. The maximum Gasteiger partial charge on any atom is 0.344 e. The zero-order chi connectivity index (χ0) is 19.8. The first-order valence-electron chi connectivity index (χ1n) is 9.85. The number of ether oxygens (including phenoxy) is 1. The quantitative estimate of drug-likeness (QED) is 0.428. The lowest BCUT2D eigenvalue weighted by atomic mass is 9.94. The molecule has 0 saturated heterocycles. The van der Waals surface area contributed by atoms with Crippen molar-refractivity contribution in [1.29, 1.82) is 0 Å². The monoisotopic (exact) mass is 381 g/mol. The number of nitrogens with zero attached hydrogens (tertiary/aromatic N) is 3. The summed E-state index contributed by atoms with van der Waals surface area (Å²) in [5.41, 5.74) is 8.53. The first-order chi connectivity index (χ1) is 13.5. The number of nitrogens with two attached hydrogens (primary N) is 1. The van der Waals surface area contributed by atoms with Crippen molar-refractivity contribution in [2.24, 2.45) is 0 Å². The van der Waals surface area contributed by atoms with Gasteiger partial charge < -0.3 is 10.5 Å². The number of esters is 1. The molecule has 0 amide bonds. The molecular formula is C21H25N4O3+. The predicted molar refractivity (Wildman–Crippen MR) is 106 cm³/mol. The molecule has 1 aliphatic rings. The number of hydrogen-bond acceptors (Lipinski definition) is 5. The summed E-state index contributed by atoms with van der Waals surface area (Å²) in [7, 11) is 0. The Balaban J connectivity index is 2.10. The van der Waals surface area contributed by atoms with Crippen LogP contribution in [0.5, 0.6) is 0 Å². The van der Waals surface area contributed by atoms with Crippen LogP contribution in [0.25, 0.3) is 16.7 Å². The Morgan fingerprint density at radius 2 is 2.11 bits per heavy atom. The standard InChI is InChI=1S/C21H24N4O3/c1-3-28-21(27)15-12-16-19(25(17(15)22)14-9-5-4-6-10-14)23-18-13(2)8-7-11-24(18)20(16)26/h7-8,11-12,14,22H,3-6,9-10H2,1-2H3/p+1. The van der Waals surface area contributed by atoms with E-state index in [9.17, 15) is 9.59 Å². The van der Waals surface area contributed by atoms with Crippen LogP contribution in [0, 0.1) is 6.92 Å². The number of carbonyl (C=O) groups is 1. The lowest BCUT2D eigenvalue weighted by Gasteiger charge is -2.23. The third kappa shape index (κ3) is 2.91. The molecule has 1 saturated carbocycles. The molecule has 0 aromatic carbocycles. The van der Waals surface area contributed by atoms with Gasteiger partial charge in [0.2, 0.25) is 11.5 Å². The second-order valence-electron chi connectivity index (χ2n) is 7.36. The van der Waals surface area contributed by atoms with Crippen molar-refractivity contribution >= 4 is 28.5 Å². The molecule has 0 spiro atoms. The van der Waals surface area contributed by atoms with E-state index in [1.54, 1.807) is 13.1 Å². The summed E-state index contributed by atoms with van der Waals surface area (Å²) in [4.78, 5) is 30.6. The maximum absolute atomic E-state index is 13.2. The first-order valence-corrected chi connectivity index (χ1v) is 9.85. The Hall–Kier alpha value is -2.96. The van der Waals surface area contributed by atoms with E-state index in [0.29, 0.717) is 22.5 Å². The largest absolute Gasteiger partial charge is 0.462 e. The van der Waals surface area contributed by atoms with E-state index in [-0.39, 0.29) is 23.8 Å². The van der Waals surface area contributed by atoms with E-state index in [2.05, 4.69) is 0 Å². The molecule has 1 aliphatic carbocycles. The average Bonchev–Trinajstić information content (AvgIpc) is 2.69. The van der Waals surface area contributed by atoms with Gasteiger partial charge in [-0.3, -0.25) is 9.20 Å². The number of rotatable bonds is 3. The summed E-state index contributed by atoms with van der Waals surface area (Å²) >= 11 is 0. The van der Waals surface area contributed by atoms with E-state index >= 15 is 0 Å². The van der Waals surface area contributed by atoms with E-state index in [4.69, 9.17) is 15.5 Å². The van der Waals surface area contributed by atoms with E-state index in [0.717, 1.165) is 31.2 Å². The lowest BCUT2D eigenvalue weighted by molar-refractivity contribution is -0.689. The van der Waals surface area contributed by atoms with Gasteiger partial charge in [-0.2, -0.15) is 0 Å². The van der Waals surface area contributed by atoms with Crippen LogP contribution < -0.4 is 15.9 Å². The van der Waals surface area contributed by atoms with Gasteiger partial charge >= 0.3 is 5.97 Å². The van der Waals surface area contributed by atoms with Crippen LogP contribution in [0.15, 0.2) is 29.2 Å². The summed E-state index contributed by atoms with van der Waals surface area (Å²) in [6.07, 6.45) is 6.96. The van der Waals surface area contributed by atoms with Gasteiger partial charge in [0.05, 0.1) is 12.6 Å². The zero-order valence-electron chi connectivity index (χ0n) is 16.3. The van der Waals surface area contributed by atoms with Gasteiger partial charge in [0.25, 0.3) is 11.2 Å². The van der Waals surface area contributed by atoms with Gasteiger partial charge in [-0.25, -0.2) is 9.36 Å². The van der Waals surface area contributed by atoms with Crippen molar-refractivity contribution in [3.63, 3.8) is 0 Å². The molecule has 7 nitrogen and oxygen atoms in total. The van der Waals surface area contributed by atoms with Crippen molar-refractivity contribution in [2.75, 3.05) is 12.3 Å². The van der Waals surface area contributed by atoms with Crippen molar-refractivity contribution in [1.82, 2.24) is 9.38 Å². The maximum atomic E-state index is 13.2. The predicted octanol–water partition coefficient (Wildman–Crippen LogP) is 2.71.